The number of nitrogens with zero attached hydrogens (tertiary/aromatic N) is 1. The molecule has 1 saturated heterocycles. The third-order valence-electron chi connectivity index (χ3n) is 5.75. The van der Waals surface area contributed by atoms with Gasteiger partial charge in [0.15, 0.2) is 0 Å². The Labute approximate surface area is 241 Å². The summed E-state index contributed by atoms with van der Waals surface area (Å²) in [5.41, 5.74) is 3.32. The Morgan fingerprint density at radius 2 is 1.82 bits per heavy atom. The van der Waals surface area contributed by atoms with Gasteiger partial charge >= 0.3 is 5.97 Å². The number of hydrogen-bond acceptors (Lipinski definition) is 7. The van der Waals surface area contributed by atoms with Gasteiger partial charge < -0.3 is 14.8 Å². The monoisotopic (exact) mass is 578 g/mol. The van der Waals surface area contributed by atoms with Crippen LogP contribution in [0.1, 0.15) is 40.4 Å². The maximum atomic E-state index is 12.9. The van der Waals surface area contributed by atoms with Crippen molar-refractivity contribution in [2.45, 2.75) is 26.9 Å². The fraction of sp³-hybridized carbons (Fsp3) is 0.200. The number of anilines is 1. The molecule has 3 aromatic rings. The Kier molecular flexibility index (Phi) is 9.63. The highest BCUT2D eigenvalue weighted by Crippen LogP contribution is 2.32. The molecule has 1 N–H and O–H groups in total. The van der Waals surface area contributed by atoms with Crippen LogP contribution < -0.4 is 10.1 Å². The summed E-state index contributed by atoms with van der Waals surface area (Å²) in [6.07, 6.45) is 2.25. The second-order valence-electron chi connectivity index (χ2n) is 8.99. The number of carbonyl (C=O) groups excluding carboxylic acids is 4. The average Bonchev–Trinajstić information content (AvgIpc) is 3.19. The van der Waals surface area contributed by atoms with Crippen molar-refractivity contribution >= 4 is 58.1 Å². The maximum Gasteiger partial charge on any atom is 0.339 e. The van der Waals surface area contributed by atoms with Gasteiger partial charge in [-0.05, 0) is 72.6 Å². The van der Waals surface area contributed by atoms with E-state index in [0.29, 0.717) is 24.3 Å². The lowest BCUT2D eigenvalue weighted by Crippen LogP contribution is -2.36. The predicted octanol–water partition coefficient (Wildman–Crippen LogP) is 6.47. The van der Waals surface area contributed by atoms with Gasteiger partial charge in [0.2, 0.25) is 5.91 Å². The number of esters is 1. The smallest absolute Gasteiger partial charge is 0.339 e. The molecular formula is C30H27ClN2O6S. The first-order valence-electron chi connectivity index (χ1n) is 12.5. The van der Waals surface area contributed by atoms with Gasteiger partial charge in [0.25, 0.3) is 11.1 Å². The molecule has 0 radical (unpaired) electrons. The molecule has 3 aromatic carbocycles. The molecule has 1 aliphatic heterocycles. The van der Waals surface area contributed by atoms with Crippen LogP contribution in [0.15, 0.2) is 71.6 Å². The molecule has 0 aromatic heterocycles. The number of thioether (sulfide) groups is 1. The third kappa shape index (κ3) is 7.52. The Balaban J connectivity index is 1.35. The molecule has 206 valence electrons. The number of benzene rings is 3. The zero-order valence-electron chi connectivity index (χ0n) is 21.9. The first-order chi connectivity index (χ1) is 19.2. The number of carbonyl (C=O) groups is 4. The quantitative estimate of drug-likeness (QED) is 0.217. The normalized spacial score (nSPS) is 14.0. The molecule has 0 bridgehead atoms. The molecular weight excluding hydrogens is 552 g/mol. The predicted molar refractivity (Wildman–Crippen MR) is 155 cm³/mol. The van der Waals surface area contributed by atoms with Crippen molar-refractivity contribution in [2.75, 3.05) is 18.5 Å². The first-order valence-corrected chi connectivity index (χ1v) is 13.7. The van der Waals surface area contributed by atoms with Crippen molar-refractivity contribution in [1.82, 2.24) is 4.90 Å². The van der Waals surface area contributed by atoms with Crippen molar-refractivity contribution in [3.05, 3.63) is 98.9 Å². The molecule has 1 fully saturated rings. The number of amides is 3. The van der Waals surface area contributed by atoms with E-state index in [4.69, 9.17) is 21.1 Å². The summed E-state index contributed by atoms with van der Waals surface area (Å²) in [5.74, 6) is -1.10. The largest absolute Gasteiger partial charge is 0.489 e. The molecule has 1 heterocycles. The van der Waals surface area contributed by atoms with E-state index in [0.717, 1.165) is 27.8 Å². The summed E-state index contributed by atoms with van der Waals surface area (Å²) in [5, 5.41) is 2.22. The van der Waals surface area contributed by atoms with E-state index in [1.807, 2.05) is 32.0 Å². The Hall–Kier alpha value is -4.08. The van der Waals surface area contributed by atoms with E-state index in [-0.39, 0.29) is 27.8 Å². The van der Waals surface area contributed by atoms with Crippen LogP contribution in [0.3, 0.4) is 0 Å². The topological polar surface area (TPSA) is 102 Å². The summed E-state index contributed by atoms with van der Waals surface area (Å²) < 4.78 is 10.9. The van der Waals surface area contributed by atoms with E-state index in [1.165, 1.54) is 18.2 Å². The number of halogens is 1. The number of rotatable bonds is 10. The standard InChI is InChI=1S/C30H27ClN2O6S/c1-3-13-38-29(36)24-16-22(9-12-25(24)31)32-27(34)17-33-28(35)26(40-30(33)37)15-20-7-10-23(11-8-20)39-18-21-6-4-5-19(2)14-21/h4-12,14-16H,3,13,17-18H2,1-2H3,(H,32,34)/b26-15+. The fourth-order valence-electron chi connectivity index (χ4n) is 3.79. The van der Waals surface area contributed by atoms with Crippen LogP contribution in [0, 0.1) is 6.92 Å². The van der Waals surface area contributed by atoms with E-state index >= 15 is 0 Å². The summed E-state index contributed by atoms with van der Waals surface area (Å²) in [6, 6.07) is 19.6. The molecule has 0 saturated carbocycles. The second kappa shape index (κ2) is 13.3. The minimum atomic E-state index is -0.607. The summed E-state index contributed by atoms with van der Waals surface area (Å²) >= 11 is 6.86. The van der Waals surface area contributed by atoms with E-state index in [9.17, 15) is 19.2 Å². The van der Waals surface area contributed by atoms with Crippen molar-refractivity contribution in [3.63, 3.8) is 0 Å². The highest BCUT2D eigenvalue weighted by molar-refractivity contribution is 8.18. The highest BCUT2D eigenvalue weighted by atomic mass is 35.5. The van der Waals surface area contributed by atoms with Crippen molar-refractivity contribution in [2.24, 2.45) is 0 Å². The van der Waals surface area contributed by atoms with Crippen LogP contribution >= 0.6 is 23.4 Å². The molecule has 4 rings (SSSR count). The molecule has 0 unspecified atom stereocenters. The maximum absolute atomic E-state index is 12.9. The third-order valence-corrected chi connectivity index (χ3v) is 6.99. The van der Waals surface area contributed by atoms with Crippen LogP contribution in [-0.2, 0) is 20.9 Å². The average molecular weight is 579 g/mol. The summed E-state index contributed by atoms with van der Waals surface area (Å²) in [6.45, 7) is 4.08. The molecule has 0 aliphatic carbocycles. The molecule has 0 spiro atoms. The molecule has 1 aliphatic rings. The van der Waals surface area contributed by atoms with Crippen LogP contribution in [-0.4, -0.2) is 41.1 Å². The Bertz CT molecular complexity index is 1470. The number of nitrogens with one attached hydrogen (secondary N) is 1. The van der Waals surface area contributed by atoms with Gasteiger partial charge in [-0.1, -0.05) is 60.5 Å². The van der Waals surface area contributed by atoms with Gasteiger partial charge in [-0.15, -0.1) is 0 Å². The fourth-order valence-corrected chi connectivity index (χ4v) is 4.83. The molecule has 3 amide bonds. The zero-order chi connectivity index (χ0) is 28.6. The van der Waals surface area contributed by atoms with Crippen LogP contribution in [0.25, 0.3) is 6.08 Å². The number of hydrogen-bond donors (Lipinski definition) is 1. The van der Waals surface area contributed by atoms with Gasteiger partial charge in [0.05, 0.1) is 22.1 Å². The van der Waals surface area contributed by atoms with Crippen LogP contribution in [0.4, 0.5) is 10.5 Å². The number of imide groups is 1. The Morgan fingerprint density at radius 1 is 1.05 bits per heavy atom. The summed E-state index contributed by atoms with van der Waals surface area (Å²) in [4.78, 5) is 51.3. The molecule has 40 heavy (non-hydrogen) atoms. The molecule has 10 heteroatoms. The lowest BCUT2D eigenvalue weighted by Gasteiger charge is -2.13. The van der Waals surface area contributed by atoms with Gasteiger partial charge in [-0.2, -0.15) is 0 Å². The second-order valence-corrected chi connectivity index (χ2v) is 10.4. The minimum Gasteiger partial charge on any atom is -0.489 e. The lowest BCUT2D eigenvalue weighted by molar-refractivity contribution is -0.127. The van der Waals surface area contributed by atoms with E-state index in [1.54, 1.807) is 30.3 Å². The van der Waals surface area contributed by atoms with Crippen LogP contribution in [0.2, 0.25) is 5.02 Å². The van der Waals surface area contributed by atoms with Gasteiger partial charge in [0, 0.05) is 5.69 Å². The number of ether oxygens (including phenoxy) is 2. The summed E-state index contributed by atoms with van der Waals surface area (Å²) in [7, 11) is 0. The lowest BCUT2D eigenvalue weighted by atomic mass is 10.1. The SMILES string of the molecule is CCCOC(=O)c1cc(NC(=O)CN2C(=O)S/C(=C/c3ccc(OCc4cccc(C)c4)cc3)C2=O)ccc1Cl. The first kappa shape index (κ1) is 28.9. The zero-order valence-corrected chi connectivity index (χ0v) is 23.5. The van der Waals surface area contributed by atoms with Crippen molar-refractivity contribution in [1.29, 1.82) is 0 Å². The number of aryl methyl sites for hydroxylation is 1. The van der Waals surface area contributed by atoms with E-state index in [2.05, 4.69) is 11.4 Å². The van der Waals surface area contributed by atoms with Gasteiger partial charge in [0.1, 0.15) is 18.9 Å². The van der Waals surface area contributed by atoms with Gasteiger partial charge in [-0.25, -0.2) is 4.79 Å². The van der Waals surface area contributed by atoms with Crippen molar-refractivity contribution in [3.8, 4) is 5.75 Å². The molecule has 0 atom stereocenters. The minimum absolute atomic E-state index is 0.105. The van der Waals surface area contributed by atoms with Crippen molar-refractivity contribution < 1.29 is 28.7 Å². The highest BCUT2D eigenvalue weighted by Gasteiger charge is 2.36. The van der Waals surface area contributed by atoms with E-state index < -0.39 is 29.6 Å². The molecule has 8 nitrogen and oxygen atoms in total. The Morgan fingerprint density at radius 3 is 2.55 bits per heavy atom. The van der Waals surface area contributed by atoms with Gasteiger partial charge in [-0.3, -0.25) is 19.3 Å². The van der Waals surface area contributed by atoms with Crippen LogP contribution in [0.5, 0.6) is 5.75 Å².